The molecule has 0 atom stereocenters. The first-order valence-electron chi connectivity index (χ1n) is 9.98. The highest BCUT2D eigenvalue weighted by Gasteiger charge is 2.24. The maximum Gasteiger partial charge on any atom is 0.266 e. The van der Waals surface area contributed by atoms with Gasteiger partial charge in [-0.05, 0) is 36.8 Å². The molecule has 1 aliphatic rings. The van der Waals surface area contributed by atoms with Crippen LogP contribution in [0.15, 0.2) is 36.4 Å². The van der Waals surface area contributed by atoms with Crippen LogP contribution in [0.2, 0.25) is 0 Å². The van der Waals surface area contributed by atoms with Crippen LogP contribution in [-0.2, 0) is 16.1 Å². The number of carbonyl (C=O) groups is 2. The zero-order valence-corrected chi connectivity index (χ0v) is 18.2. The molecule has 0 radical (unpaired) electrons. The number of fused-ring (bicyclic) bond motifs is 1. The van der Waals surface area contributed by atoms with Crippen molar-refractivity contribution in [3.05, 3.63) is 63.8 Å². The first-order valence-corrected chi connectivity index (χ1v) is 10.8. The van der Waals surface area contributed by atoms with Crippen molar-refractivity contribution in [2.24, 2.45) is 0 Å². The molecule has 1 N–H and O–H groups in total. The van der Waals surface area contributed by atoms with Gasteiger partial charge in [0.1, 0.15) is 5.82 Å². The Hall–Kier alpha value is -2.81. The number of carbonyl (C=O) groups excluding carboxylic acids is 2. The molecule has 1 saturated heterocycles. The normalized spacial score (nSPS) is 14.1. The number of rotatable bonds is 5. The van der Waals surface area contributed by atoms with Crippen molar-refractivity contribution in [3.8, 4) is 0 Å². The van der Waals surface area contributed by atoms with E-state index in [-0.39, 0.29) is 24.2 Å². The lowest BCUT2D eigenvalue weighted by molar-refractivity contribution is 0.0302. The van der Waals surface area contributed by atoms with Crippen molar-refractivity contribution >= 4 is 38.9 Å². The summed E-state index contributed by atoms with van der Waals surface area (Å²) in [5, 5.41) is 3.31. The van der Waals surface area contributed by atoms with Gasteiger partial charge in [0, 0.05) is 47.1 Å². The van der Waals surface area contributed by atoms with Crippen molar-refractivity contribution in [2.75, 3.05) is 38.7 Å². The number of thiophene rings is 1. The molecule has 2 heterocycles. The van der Waals surface area contributed by atoms with Gasteiger partial charge in [0.2, 0.25) is 0 Å². The quantitative estimate of drug-likeness (QED) is 0.643. The molecule has 0 spiro atoms. The molecular formula is C23H23FN2O4S. The second kappa shape index (κ2) is 9.13. The van der Waals surface area contributed by atoms with E-state index < -0.39 is 0 Å². The van der Waals surface area contributed by atoms with E-state index in [1.165, 1.54) is 24.5 Å². The molecule has 2 aromatic carbocycles. The molecule has 4 rings (SSSR count). The van der Waals surface area contributed by atoms with E-state index in [1.807, 2.05) is 6.92 Å². The molecule has 3 aromatic rings. The smallest absolute Gasteiger partial charge is 0.266 e. The van der Waals surface area contributed by atoms with E-state index in [0.29, 0.717) is 63.6 Å². The number of ether oxygens (including phenoxy) is 2. The van der Waals surface area contributed by atoms with Gasteiger partial charge in [-0.3, -0.25) is 9.59 Å². The van der Waals surface area contributed by atoms with Gasteiger partial charge in [0.05, 0.1) is 24.7 Å². The van der Waals surface area contributed by atoms with Crippen LogP contribution in [0.4, 0.5) is 10.1 Å². The third kappa shape index (κ3) is 4.19. The Balaban J connectivity index is 1.64. The van der Waals surface area contributed by atoms with E-state index >= 15 is 0 Å². The first-order chi connectivity index (χ1) is 15.0. The van der Waals surface area contributed by atoms with Crippen LogP contribution in [0.5, 0.6) is 0 Å². The standard InChI is InChI=1S/C23H23FN2O4S/c1-14-15(23(28)26-9-11-30-12-10-26)5-3-7-18(14)25-22(27)21-16(13-29-2)20-17(24)6-4-8-19(20)31-21/h3-8H,9-13H2,1-2H3,(H,25,27). The fourth-order valence-corrected chi connectivity index (χ4v) is 4.87. The molecule has 1 aromatic heterocycles. The highest BCUT2D eigenvalue weighted by Crippen LogP contribution is 2.34. The molecule has 0 aliphatic carbocycles. The van der Waals surface area contributed by atoms with Crippen molar-refractivity contribution in [3.63, 3.8) is 0 Å². The summed E-state index contributed by atoms with van der Waals surface area (Å²) in [6, 6.07) is 10.0. The van der Waals surface area contributed by atoms with Crippen LogP contribution in [0, 0.1) is 12.7 Å². The highest BCUT2D eigenvalue weighted by molar-refractivity contribution is 7.21. The van der Waals surface area contributed by atoms with Crippen LogP contribution in [0.25, 0.3) is 10.1 Å². The van der Waals surface area contributed by atoms with Crippen LogP contribution < -0.4 is 5.32 Å². The minimum absolute atomic E-state index is 0.0825. The van der Waals surface area contributed by atoms with Gasteiger partial charge >= 0.3 is 0 Å². The van der Waals surface area contributed by atoms with Gasteiger partial charge in [0.15, 0.2) is 0 Å². The lowest BCUT2D eigenvalue weighted by atomic mass is 10.0. The van der Waals surface area contributed by atoms with Gasteiger partial charge in [-0.25, -0.2) is 4.39 Å². The molecule has 31 heavy (non-hydrogen) atoms. The topological polar surface area (TPSA) is 67.9 Å². The average molecular weight is 443 g/mol. The predicted molar refractivity (Wildman–Crippen MR) is 118 cm³/mol. The minimum atomic E-state index is -0.380. The molecule has 2 amide bonds. The Labute approximate surface area is 183 Å². The lowest BCUT2D eigenvalue weighted by Gasteiger charge is -2.27. The summed E-state index contributed by atoms with van der Waals surface area (Å²) in [5.74, 6) is -0.818. The van der Waals surface area contributed by atoms with E-state index in [9.17, 15) is 14.0 Å². The number of methoxy groups -OCH3 is 1. The summed E-state index contributed by atoms with van der Waals surface area (Å²) >= 11 is 1.22. The van der Waals surface area contributed by atoms with Gasteiger partial charge in [0.25, 0.3) is 11.8 Å². The summed E-state index contributed by atoms with van der Waals surface area (Å²) in [6.45, 7) is 4.06. The summed E-state index contributed by atoms with van der Waals surface area (Å²) in [6.07, 6.45) is 0. The molecule has 8 heteroatoms. The van der Waals surface area contributed by atoms with Crippen molar-refractivity contribution in [1.82, 2.24) is 4.90 Å². The number of amides is 2. The van der Waals surface area contributed by atoms with E-state index in [0.717, 1.165) is 0 Å². The van der Waals surface area contributed by atoms with Crippen LogP contribution in [0.3, 0.4) is 0 Å². The number of nitrogens with one attached hydrogen (secondary N) is 1. The maximum atomic E-state index is 14.4. The van der Waals surface area contributed by atoms with E-state index in [1.54, 1.807) is 35.2 Å². The van der Waals surface area contributed by atoms with Crippen LogP contribution in [-0.4, -0.2) is 50.1 Å². The minimum Gasteiger partial charge on any atom is -0.380 e. The molecule has 162 valence electrons. The molecular weight excluding hydrogens is 419 g/mol. The zero-order chi connectivity index (χ0) is 22.0. The molecule has 6 nitrogen and oxygen atoms in total. The zero-order valence-electron chi connectivity index (χ0n) is 17.4. The van der Waals surface area contributed by atoms with Crippen molar-refractivity contribution in [1.29, 1.82) is 0 Å². The van der Waals surface area contributed by atoms with Gasteiger partial charge in [-0.2, -0.15) is 0 Å². The second-order valence-corrected chi connectivity index (χ2v) is 8.34. The number of halogens is 1. The highest BCUT2D eigenvalue weighted by atomic mass is 32.1. The first kappa shape index (κ1) is 21.4. The molecule has 1 fully saturated rings. The number of hydrogen-bond acceptors (Lipinski definition) is 5. The Morgan fingerprint density at radius 3 is 2.68 bits per heavy atom. The monoisotopic (exact) mass is 442 g/mol. The third-order valence-corrected chi connectivity index (χ3v) is 6.56. The van der Waals surface area contributed by atoms with Gasteiger partial charge in [-0.15, -0.1) is 11.3 Å². The molecule has 1 aliphatic heterocycles. The van der Waals surface area contributed by atoms with E-state index in [4.69, 9.17) is 9.47 Å². The average Bonchev–Trinajstić information content (AvgIpc) is 3.15. The number of benzene rings is 2. The number of morpholine rings is 1. The van der Waals surface area contributed by atoms with Crippen molar-refractivity contribution in [2.45, 2.75) is 13.5 Å². The number of anilines is 1. The number of nitrogens with zero attached hydrogens (tertiary/aromatic N) is 1. The second-order valence-electron chi connectivity index (χ2n) is 7.29. The lowest BCUT2D eigenvalue weighted by Crippen LogP contribution is -2.41. The fourth-order valence-electron chi connectivity index (χ4n) is 3.75. The Morgan fingerprint density at radius 1 is 1.19 bits per heavy atom. The predicted octanol–water partition coefficient (Wildman–Crippen LogP) is 4.22. The maximum absolute atomic E-state index is 14.4. The molecule has 0 saturated carbocycles. The SMILES string of the molecule is COCc1c(C(=O)Nc2cccc(C(=O)N3CCOCC3)c2C)sc2cccc(F)c12. The van der Waals surface area contributed by atoms with Crippen LogP contribution in [0.1, 0.15) is 31.2 Å². The Bertz CT molecular complexity index is 1140. The Kier molecular flexibility index (Phi) is 6.31. The molecule has 0 bridgehead atoms. The van der Waals surface area contributed by atoms with Gasteiger partial charge < -0.3 is 19.7 Å². The van der Waals surface area contributed by atoms with E-state index in [2.05, 4.69) is 5.32 Å². The van der Waals surface area contributed by atoms with Gasteiger partial charge in [-0.1, -0.05) is 12.1 Å². The summed E-state index contributed by atoms with van der Waals surface area (Å²) in [4.78, 5) is 28.2. The summed E-state index contributed by atoms with van der Waals surface area (Å²) < 4.78 is 25.7. The summed E-state index contributed by atoms with van der Waals surface area (Å²) in [7, 11) is 1.51. The number of hydrogen-bond donors (Lipinski definition) is 1. The third-order valence-electron chi connectivity index (χ3n) is 5.37. The Morgan fingerprint density at radius 2 is 1.94 bits per heavy atom. The summed E-state index contributed by atoms with van der Waals surface area (Å²) in [5.41, 5.74) is 2.30. The van der Waals surface area contributed by atoms with Crippen LogP contribution >= 0.6 is 11.3 Å². The fraction of sp³-hybridized carbons (Fsp3) is 0.304. The molecule has 0 unspecified atom stereocenters. The largest absolute Gasteiger partial charge is 0.380 e. The van der Waals surface area contributed by atoms with Crippen molar-refractivity contribution < 1.29 is 23.5 Å².